The molecule has 0 aliphatic rings. The van der Waals surface area contributed by atoms with Crippen molar-refractivity contribution in [1.82, 2.24) is 0 Å². The Morgan fingerprint density at radius 3 is 2.53 bits per heavy atom. The van der Waals surface area contributed by atoms with Gasteiger partial charge in [-0.3, -0.25) is 9.59 Å². The molecule has 1 aromatic carbocycles. The first kappa shape index (κ1) is 13.5. The number of ether oxygens (including phenoxy) is 1. The lowest BCUT2D eigenvalue weighted by molar-refractivity contribution is -0.137. The predicted molar refractivity (Wildman–Crippen MR) is 62.7 cm³/mol. The van der Waals surface area contributed by atoms with Crippen LogP contribution in [-0.2, 0) is 4.79 Å². The summed E-state index contributed by atoms with van der Waals surface area (Å²) < 4.78 is 4.98. The van der Waals surface area contributed by atoms with Gasteiger partial charge < -0.3 is 15.6 Å². The van der Waals surface area contributed by atoms with E-state index < -0.39 is 17.8 Å². The standard InChI is InChI=1S/C11H12ClNO4/c1-5-3-8(17-2)7(12)4-6(5)10(14)9(13)11(15)16/h3-4,9H,13H2,1-2H3,(H,15,16). The van der Waals surface area contributed by atoms with Gasteiger partial charge in [-0.25, -0.2) is 0 Å². The second-order valence-electron chi connectivity index (χ2n) is 3.48. The molecule has 0 aliphatic carbocycles. The molecule has 1 atom stereocenters. The molecule has 0 aromatic heterocycles. The molecule has 0 aliphatic heterocycles. The fourth-order valence-electron chi connectivity index (χ4n) is 1.36. The van der Waals surface area contributed by atoms with Gasteiger partial charge in [0.15, 0.2) is 11.8 Å². The molecule has 0 bridgehead atoms. The molecule has 92 valence electrons. The number of halogens is 1. The smallest absolute Gasteiger partial charge is 0.328 e. The fourth-order valence-corrected chi connectivity index (χ4v) is 1.60. The van der Waals surface area contributed by atoms with Gasteiger partial charge in [0.1, 0.15) is 5.75 Å². The minimum absolute atomic E-state index is 0.186. The van der Waals surface area contributed by atoms with Gasteiger partial charge in [-0.15, -0.1) is 0 Å². The van der Waals surface area contributed by atoms with Crippen LogP contribution < -0.4 is 10.5 Å². The van der Waals surface area contributed by atoms with E-state index in [1.807, 2.05) is 0 Å². The Kier molecular flexibility index (Phi) is 4.09. The van der Waals surface area contributed by atoms with Gasteiger partial charge in [0.05, 0.1) is 12.1 Å². The number of carboxylic acids is 1. The molecule has 1 rings (SSSR count). The summed E-state index contributed by atoms with van der Waals surface area (Å²) in [5.41, 5.74) is 6.01. The first-order valence-corrected chi connectivity index (χ1v) is 5.13. The number of aryl methyl sites for hydroxylation is 1. The number of aliphatic carboxylic acids is 1. The largest absolute Gasteiger partial charge is 0.495 e. The zero-order valence-corrected chi connectivity index (χ0v) is 10.1. The normalized spacial score (nSPS) is 12.0. The summed E-state index contributed by atoms with van der Waals surface area (Å²) in [6, 6.07) is 1.34. The second-order valence-corrected chi connectivity index (χ2v) is 3.89. The van der Waals surface area contributed by atoms with Crippen molar-refractivity contribution in [3.63, 3.8) is 0 Å². The number of nitrogens with two attached hydrogens (primary N) is 1. The molecule has 0 fully saturated rings. The van der Waals surface area contributed by atoms with Crippen LogP contribution in [0.1, 0.15) is 15.9 Å². The van der Waals surface area contributed by atoms with Crippen molar-refractivity contribution in [2.75, 3.05) is 7.11 Å². The van der Waals surface area contributed by atoms with E-state index in [0.29, 0.717) is 11.3 Å². The Balaban J connectivity index is 3.20. The van der Waals surface area contributed by atoms with E-state index in [2.05, 4.69) is 0 Å². The Bertz CT molecular complexity index is 473. The fraction of sp³-hybridized carbons (Fsp3) is 0.273. The lowest BCUT2D eigenvalue weighted by Crippen LogP contribution is -2.38. The van der Waals surface area contributed by atoms with Crippen LogP contribution in [0.15, 0.2) is 12.1 Å². The summed E-state index contributed by atoms with van der Waals surface area (Å²) in [7, 11) is 1.45. The third kappa shape index (κ3) is 2.75. The van der Waals surface area contributed by atoms with Crippen molar-refractivity contribution in [3.05, 3.63) is 28.3 Å². The molecule has 0 spiro atoms. The number of carbonyl (C=O) groups excluding carboxylic acids is 1. The molecule has 1 unspecified atom stereocenters. The van der Waals surface area contributed by atoms with E-state index in [0.717, 1.165) is 0 Å². The van der Waals surface area contributed by atoms with Crippen molar-refractivity contribution >= 4 is 23.4 Å². The maximum Gasteiger partial charge on any atom is 0.328 e. The molecule has 0 saturated carbocycles. The SMILES string of the molecule is COc1cc(C)c(C(=O)C(N)C(=O)O)cc1Cl. The summed E-state index contributed by atoms with van der Waals surface area (Å²) in [6.45, 7) is 1.65. The van der Waals surface area contributed by atoms with Gasteiger partial charge in [0.2, 0.25) is 0 Å². The molecule has 0 radical (unpaired) electrons. The minimum Gasteiger partial charge on any atom is -0.495 e. The highest BCUT2D eigenvalue weighted by Gasteiger charge is 2.24. The summed E-state index contributed by atoms with van der Waals surface area (Å²) in [5.74, 6) is -1.63. The van der Waals surface area contributed by atoms with E-state index >= 15 is 0 Å². The lowest BCUT2D eigenvalue weighted by Gasteiger charge is -2.11. The van der Waals surface area contributed by atoms with E-state index in [1.165, 1.54) is 13.2 Å². The third-order valence-electron chi connectivity index (χ3n) is 2.31. The van der Waals surface area contributed by atoms with Crippen LogP contribution in [0.5, 0.6) is 5.75 Å². The topological polar surface area (TPSA) is 89.6 Å². The van der Waals surface area contributed by atoms with Gasteiger partial charge >= 0.3 is 5.97 Å². The summed E-state index contributed by atoms with van der Waals surface area (Å²) in [5, 5.41) is 8.91. The molecule has 1 aromatic rings. The average Bonchev–Trinajstić information content (AvgIpc) is 2.29. The highest BCUT2D eigenvalue weighted by Crippen LogP contribution is 2.28. The lowest BCUT2D eigenvalue weighted by atomic mass is 10.00. The molecule has 6 heteroatoms. The number of ketones is 1. The van der Waals surface area contributed by atoms with Crippen LogP contribution in [0.25, 0.3) is 0 Å². The molecule has 0 heterocycles. The molecule has 17 heavy (non-hydrogen) atoms. The van der Waals surface area contributed by atoms with Crippen LogP contribution in [0.4, 0.5) is 0 Å². The number of hydrogen-bond donors (Lipinski definition) is 2. The van der Waals surface area contributed by atoms with E-state index in [1.54, 1.807) is 13.0 Å². The number of carbonyl (C=O) groups is 2. The molecular weight excluding hydrogens is 246 g/mol. The van der Waals surface area contributed by atoms with Gasteiger partial charge in [-0.2, -0.15) is 0 Å². The first-order chi connectivity index (χ1) is 7.88. The molecular formula is C11H12ClNO4. The highest BCUT2D eigenvalue weighted by molar-refractivity contribution is 6.32. The zero-order valence-electron chi connectivity index (χ0n) is 9.36. The number of carboxylic acid groups (broad SMARTS) is 1. The molecule has 0 saturated heterocycles. The Labute approximate surface area is 103 Å². The number of hydrogen-bond acceptors (Lipinski definition) is 4. The molecule has 5 nitrogen and oxygen atoms in total. The second kappa shape index (κ2) is 5.16. The maximum atomic E-state index is 11.8. The van der Waals surface area contributed by atoms with Gasteiger partial charge in [-0.1, -0.05) is 11.6 Å². The number of methoxy groups -OCH3 is 1. The highest BCUT2D eigenvalue weighted by atomic mass is 35.5. The van der Waals surface area contributed by atoms with Crippen molar-refractivity contribution in [3.8, 4) is 5.75 Å². The van der Waals surface area contributed by atoms with Crippen molar-refractivity contribution in [2.45, 2.75) is 13.0 Å². The Morgan fingerprint density at radius 2 is 2.06 bits per heavy atom. The molecule has 3 N–H and O–H groups in total. The Hall–Kier alpha value is -1.59. The number of rotatable bonds is 4. The average molecular weight is 258 g/mol. The predicted octanol–water partition coefficient (Wildman–Crippen LogP) is 1.25. The maximum absolute atomic E-state index is 11.8. The van der Waals surface area contributed by atoms with Crippen LogP contribution in [0.3, 0.4) is 0 Å². The van der Waals surface area contributed by atoms with Crippen LogP contribution >= 0.6 is 11.6 Å². The first-order valence-electron chi connectivity index (χ1n) is 4.75. The number of benzene rings is 1. The molecule has 0 amide bonds. The van der Waals surface area contributed by atoms with E-state index in [9.17, 15) is 9.59 Å². The van der Waals surface area contributed by atoms with Crippen molar-refractivity contribution in [1.29, 1.82) is 0 Å². The quantitative estimate of drug-likeness (QED) is 0.626. The van der Waals surface area contributed by atoms with Crippen molar-refractivity contribution < 1.29 is 19.4 Å². The van der Waals surface area contributed by atoms with E-state index in [-0.39, 0.29) is 10.6 Å². The van der Waals surface area contributed by atoms with Crippen molar-refractivity contribution in [2.24, 2.45) is 5.73 Å². The summed E-state index contributed by atoms with van der Waals surface area (Å²) in [6.07, 6.45) is 0. The summed E-state index contributed by atoms with van der Waals surface area (Å²) in [4.78, 5) is 22.4. The van der Waals surface area contributed by atoms with Crippen LogP contribution in [0, 0.1) is 6.92 Å². The van der Waals surface area contributed by atoms with Gasteiger partial charge in [0, 0.05) is 5.56 Å². The third-order valence-corrected chi connectivity index (χ3v) is 2.61. The van der Waals surface area contributed by atoms with E-state index in [4.69, 9.17) is 27.2 Å². The van der Waals surface area contributed by atoms with Crippen LogP contribution in [0.2, 0.25) is 5.02 Å². The monoisotopic (exact) mass is 257 g/mol. The van der Waals surface area contributed by atoms with Gasteiger partial charge in [-0.05, 0) is 24.6 Å². The van der Waals surface area contributed by atoms with Gasteiger partial charge in [0.25, 0.3) is 0 Å². The van der Waals surface area contributed by atoms with Crippen LogP contribution in [-0.4, -0.2) is 30.0 Å². The summed E-state index contributed by atoms with van der Waals surface area (Å²) >= 11 is 5.86. The Morgan fingerprint density at radius 1 is 1.47 bits per heavy atom. The number of Topliss-reactive ketones (excluding diaryl/α,β-unsaturated/α-hetero) is 1. The zero-order chi connectivity index (χ0) is 13.2. The minimum atomic E-state index is -1.59.